The Labute approximate surface area is 106 Å². The number of hydrogen-bond acceptors (Lipinski definition) is 5. The third-order valence-electron chi connectivity index (χ3n) is 2.49. The van der Waals surface area contributed by atoms with E-state index in [9.17, 15) is 4.79 Å². The summed E-state index contributed by atoms with van der Waals surface area (Å²) in [6, 6.07) is 3.32. The summed E-state index contributed by atoms with van der Waals surface area (Å²) in [6.07, 6.45) is 0.429. The first-order chi connectivity index (χ1) is 8.63. The molecule has 5 nitrogen and oxygen atoms in total. The van der Waals surface area contributed by atoms with E-state index in [0.717, 1.165) is 5.56 Å². The fourth-order valence-corrected chi connectivity index (χ4v) is 1.51. The quantitative estimate of drug-likeness (QED) is 0.616. The van der Waals surface area contributed by atoms with Crippen LogP contribution in [-0.4, -0.2) is 38.5 Å². The zero-order valence-corrected chi connectivity index (χ0v) is 10.9. The summed E-state index contributed by atoms with van der Waals surface area (Å²) in [6.45, 7) is 1.99. The van der Waals surface area contributed by atoms with Crippen LogP contribution in [0.4, 0.5) is 0 Å². The molecule has 100 valence electrons. The summed E-state index contributed by atoms with van der Waals surface area (Å²) in [5.74, 6) is 0.626. The van der Waals surface area contributed by atoms with Crippen molar-refractivity contribution < 1.29 is 24.1 Å². The molecular weight excluding hydrogens is 236 g/mol. The van der Waals surface area contributed by atoms with Gasteiger partial charge in [0, 0.05) is 13.0 Å². The van der Waals surface area contributed by atoms with Gasteiger partial charge in [0.1, 0.15) is 0 Å². The van der Waals surface area contributed by atoms with E-state index in [2.05, 4.69) is 0 Å². The van der Waals surface area contributed by atoms with Gasteiger partial charge in [0.05, 0.1) is 26.4 Å². The molecule has 5 heteroatoms. The van der Waals surface area contributed by atoms with Crippen molar-refractivity contribution in [3.63, 3.8) is 0 Å². The average molecular weight is 254 g/mol. The lowest BCUT2D eigenvalue weighted by Crippen LogP contribution is -2.09. The largest absolute Gasteiger partial charge is 0.493 e. The van der Waals surface area contributed by atoms with Crippen molar-refractivity contribution >= 4 is 5.97 Å². The maximum atomic E-state index is 11.8. The number of aliphatic hydroxyl groups excluding tert-OH is 1. The average Bonchev–Trinajstić information content (AvgIpc) is 2.38. The van der Waals surface area contributed by atoms with Crippen LogP contribution >= 0.6 is 0 Å². The first kappa shape index (κ1) is 14.3. The SMILES string of the molecule is COc1cc(C)c(C(=O)OCCCO)cc1OC. The molecule has 0 amide bonds. The number of carbonyl (C=O) groups is 1. The smallest absolute Gasteiger partial charge is 0.338 e. The Balaban J connectivity index is 2.91. The van der Waals surface area contributed by atoms with Crippen molar-refractivity contribution in [2.24, 2.45) is 0 Å². The van der Waals surface area contributed by atoms with Gasteiger partial charge in [-0.15, -0.1) is 0 Å². The van der Waals surface area contributed by atoms with Crippen molar-refractivity contribution in [2.75, 3.05) is 27.4 Å². The fraction of sp³-hybridized carbons (Fsp3) is 0.462. The highest BCUT2D eigenvalue weighted by molar-refractivity contribution is 5.92. The minimum absolute atomic E-state index is 0.00179. The Kier molecular flexibility index (Phi) is 5.45. The third-order valence-corrected chi connectivity index (χ3v) is 2.49. The van der Waals surface area contributed by atoms with Crippen molar-refractivity contribution in [2.45, 2.75) is 13.3 Å². The molecule has 0 radical (unpaired) electrons. The molecule has 0 aromatic heterocycles. The molecule has 1 aromatic carbocycles. The van der Waals surface area contributed by atoms with Crippen LogP contribution in [0.25, 0.3) is 0 Å². The maximum absolute atomic E-state index is 11.8. The predicted octanol–water partition coefficient (Wildman–Crippen LogP) is 1.55. The van der Waals surface area contributed by atoms with Gasteiger partial charge >= 0.3 is 5.97 Å². The minimum atomic E-state index is -0.429. The second kappa shape index (κ2) is 6.86. The molecule has 0 saturated carbocycles. The topological polar surface area (TPSA) is 65.0 Å². The number of hydrogen-bond donors (Lipinski definition) is 1. The summed E-state index contributed by atoms with van der Waals surface area (Å²) in [4.78, 5) is 11.8. The van der Waals surface area contributed by atoms with Crippen LogP contribution in [-0.2, 0) is 4.74 Å². The van der Waals surface area contributed by atoms with Crippen molar-refractivity contribution in [1.29, 1.82) is 0 Å². The van der Waals surface area contributed by atoms with E-state index >= 15 is 0 Å². The van der Waals surface area contributed by atoms with E-state index in [0.29, 0.717) is 23.5 Å². The predicted molar refractivity (Wildman–Crippen MR) is 66.3 cm³/mol. The summed E-state index contributed by atoms with van der Waals surface area (Å²) >= 11 is 0. The van der Waals surface area contributed by atoms with Crippen LogP contribution in [0.2, 0.25) is 0 Å². The van der Waals surface area contributed by atoms with Gasteiger partial charge in [0.25, 0.3) is 0 Å². The Bertz CT molecular complexity index is 414. The molecule has 0 fully saturated rings. The zero-order chi connectivity index (χ0) is 13.5. The van der Waals surface area contributed by atoms with Gasteiger partial charge in [-0.2, -0.15) is 0 Å². The van der Waals surface area contributed by atoms with Gasteiger partial charge in [-0.3, -0.25) is 0 Å². The number of ether oxygens (including phenoxy) is 3. The summed E-state index contributed by atoms with van der Waals surface area (Å²) < 4.78 is 15.3. The van der Waals surface area contributed by atoms with Crippen molar-refractivity contribution in [1.82, 2.24) is 0 Å². The van der Waals surface area contributed by atoms with Crippen LogP contribution in [0.15, 0.2) is 12.1 Å². The highest BCUT2D eigenvalue weighted by Gasteiger charge is 2.15. The monoisotopic (exact) mass is 254 g/mol. The second-order valence-electron chi connectivity index (χ2n) is 3.74. The molecule has 18 heavy (non-hydrogen) atoms. The van der Waals surface area contributed by atoms with Crippen LogP contribution in [0.5, 0.6) is 11.5 Å². The molecule has 0 heterocycles. The lowest BCUT2D eigenvalue weighted by molar-refractivity contribution is 0.0481. The molecule has 0 aliphatic rings. The summed E-state index contributed by atoms with van der Waals surface area (Å²) in [7, 11) is 3.05. The molecule has 0 aliphatic heterocycles. The Hall–Kier alpha value is -1.75. The number of rotatable bonds is 6. The lowest BCUT2D eigenvalue weighted by Gasteiger charge is -2.12. The number of methoxy groups -OCH3 is 2. The number of esters is 1. The normalized spacial score (nSPS) is 10.0. The molecule has 0 spiro atoms. The molecule has 0 unspecified atom stereocenters. The second-order valence-corrected chi connectivity index (χ2v) is 3.74. The Morgan fingerprint density at radius 2 is 1.83 bits per heavy atom. The maximum Gasteiger partial charge on any atom is 0.338 e. The number of aryl methyl sites for hydroxylation is 1. The highest BCUT2D eigenvalue weighted by atomic mass is 16.5. The number of carbonyl (C=O) groups excluding carboxylic acids is 1. The first-order valence-corrected chi connectivity index (χ1v) is 5.64. The van der Waals surface area contributed by atoms with Gasteiger partial charge in [-0.25, -0.2) is 4.79 Å². The fourth-order valence-electron chi connectivity index (χ4n) is 1.51. The van der Waals surface area contributed by atoms with Crippen LogP contribution in [0.3, 0.4) is 0 Å². The molecule has 1 rings (SSSR count). The Morgan fingerprint density at radius 3 is 2.39 bits per heavy atom. The van der Waals surface area contributed by atoms with Gasteiger partial charge in [0.15, 0.2) is 11.5 Å². The van der Waals surface area contributed by atoms with Gasteiger partial charge in [-0.1, -0.05) is 0 Å². The van der Waals surface area contributed by atoms with E-state index in [1.807, 2.05) is 0 Å². The Morgan fingerprint density at radius 1 is 1.22 bits per heavy atom. The van der Waals surface area contributed by atoms with Crippen LogP contribution in [0, 0.1) is 6.92 Å². The molecule has 0 saturated heterocycles. The van der Waals surface area contributed by atoms with Gasteiger partial charge < -0.3 is 19.3 Å². The number of aliphatic hydroxyl groups is 1. The van der Waals surface area contributed by atoms with Crippen molar-refractivity contribution in [3.05, 3.63) is 23.3 Å². The molecule has 0 bridgehead atoms. The molecule has 1 aromatic rings. The van der Waals surface area contributed by atoms with Crippen molar-refractivity contribution in [3.8, 4) is 11.5 Å². The van der Waals surface area contributed by atoms with E-state index < -0.39 is 5.97 Å². The summed E-state index contributed by atoms with van der Waals surface area (Å²) in [5.41, 5.74) is 1.19. The van der Waals surface area contributed by atoms with E-state index in [-0.39, 0.29) is 13.2 Å². The highest BCUT2D eigenvalue weighted by Crippen LogP contribution is 2.30. The summed E-state index contributed by atoms with van der Waals surface area (Å²) in [5, 5.41) is 8.63. The molecule has 0 aliphatic carbocycles. The molecular formula is C13H18O5. The van der Waals surface area contributed by atoms with Gasteiger partial charge in [0.2, 0.25) is 0 Å². The standard InChI is InChI=1S/C13H18O5/c1-9-7-11(16-2)12(17-3)8-10(9)13(15)18-6-4-5-14/h7-8,14H,4-6H2,1-3H3. The third kappa shape index (κ3) is 3.37. The van der Waals surface area contributed by atoms with Gasteiger partial charge in [-0.05, 0) is 24.6 Å². The van der Waals surface area contributed by atoms with E-state index in [1.54, 1.807) is 19.1 Å². The van der Waals surface area contributed by atoms with E-state index in [1.165, 1.54) is 14.2 Å². The zero-order valence-electron chi connectivity index (χ0n) is 10.9. The van der Waals surface area contributed by atoms with Crippen LogP contribution < -0.4 is 9.47 Å². The molecule has 1 N–H and O–H groups in total. The van der Waals surface area contributed by atoms with E-state index in [4.69, 9.17) is 19.3 Å². The molecule has 0 atom stereocenters. The number of benzene rings is 1. The minimum Gasteiger partial charge on any atom is -0.493 e. The first-order valence-electron chi connectivity index (χ1n) is 5.64. The van der Waals surface area contributed by atoms with Crippen LogP contribution in [0.1, 0.15) is 22.3 Å². The lowest BCUT2D eigenvalue weighted by atomic mass is 10.1.